The second kappa shape index (κ2) is 19.6. The summed E-state index contributed by atoms with van der Waals surface area (Å²) in [6.07, 6.45) is 10.8. The van der Waals surface area contributed by atoms with Crippen molar-refractivity contribution in [1.82, 2.24) is 0 Å². The fourth-order valence-electron chi connectivity index (χ4n) is 7.66. The van der Waals surface area contributed by atoms with Crippen molar-refractivity contribution in [2.24, 2.45) is 23.7 Å². The molecule has 14 heteroatoms. The number of nitrogens with zero attached hydrogens (tertiary/aromatic N) is 2. The molecule has 8 atom stereocenters. The van der Waals surface area contributed by atoms with E-state index in [1.807, 2.05) is 79.7 Å². The molecule has 0 radical (unpaired) electrons. The van der Waals surface area contributed by atoms with Gasteiger partial charge in [0.15, 0.2) is 0 Å². The first-order valence-corrected chi connectivity index (χ1v) is 18.7. The lowest BCUT2D eigenvalue weighted by molar-refractivity contribution is -0.524. The molecule has 1 saturated heterocycles. The average molecular weight is 771 g/mol. The van der Waals surface area contributed by atoms with E-state index in [4.69, 9.17) is 18.9 Å². The van der Waals surface area contributed by atoms with Gasteiger partial charge in [0.25, 0.3) is 0 Å². The summed E-state index contributed by atoms with van der Waals surface area (Å²) in [6, 6.07) is 17.4. The molecule has 0 spiro atoms. The summed E-state index contributed by atoms with van der Waals surface area (Å²) in [6.45, 7) is 3.76. The van der Waals surface area contributed by atoms with Crippen LogP contribution in [-0.2, 0) is 51.3 Å². The molecule has 0 bridgehead atoms. The van der Waals surface area contributed by atoms with Gasteiger partial charge in [0.2, 0.25) is 12.1 Å². The number of allylic oxidation sites excluding steroid dienone is 2. The van der Waals surface area contributed by atoms with Gasteiger partial charge in [0, 0.05) is 53.6 Å². The highest BCUT2D eigenvalue weighted by atomic mass is 16.6. The number of hydrogen-bond acceptors (Lipinski definition) is 12. The summed E-state index contributed by atoms with van der Waals surface area (Å²) >= 11 is 0. The van der Waals surface area contributed by atoms with Gasteiger partial charge in [-0.25, -0.2) is 9.59 Å². The Morgan fingerprint density at radius 3 is 2.12 bits per heavy atom. The minimum Gasteiger partial charge on any atom is -0.462 e. The number of nitro groups is 2. The molecule has 4 aliphatic rings. The zero-order valence-electron chi connectivity index (χ0n) is 31.3. The maximum Gasteiger partial charge on any atom is 0.331 e. The summed E-state index contributed by atoms with van der Waals surface area (Å²) in [5, 5.41) is 22.1. The summed E-state index contributed by atoms with van der Waals surface area (Å²) < 4.78 is 21.3. The number of carbonyl (C=O) groups is 4. The monoisotopic (exact) mass is 770 g/mol. The molecule has 3 aliphatic carbocycles. The van der Waals surface area contributed by atoms with Gasteiger partial charge in [-0.15, -0.1) is 0 Å². The Kier molecular flexibility index (Phi) is 14.4. The Morgan fingerprint density at radius 2 is 1.48 bits per heavy atom. The van der Waals surface area contributed by atoms with E-state index in [0.717, 1.165) is 22.3 Å². The number of hydrogen-bond donors (Lipinski definition) is 0. The highest BCUT2D eigenvalue weighted by Gasteiger charge is 2.55. The van der Waals surface area contributed by atoms with Crippen LogP contribution in [0.15, 0.2) is 108 Å². The van der Waals surface area contributed by atoms with Crippen molar-refractivity contribution in [2.45, 2.75) is 89.9 Å². The van der Waals surface area contributed by atoms with Crippen molar-refractivity contribution in [1.29, 1.82) is 0 Å². The van der Waals surface area contributed by atoms with Crippen LogP contribution in [0.2, 0.25) is 0 Å². The van der Waals surface area contributed by atoms with Crippen molar-refractivity contribution in [2.75, 3.05) is 0 Å². The minimum atomic E-state index is -0.658. The van der Waals surface area contributed by atoms with Gasteiger partial charge in [-0.05, 0) is 55.4 Å². The highest BCUT2D eigenvalue weighted by Crippen LogP contribution is 2.50. The normalized spacial score (nSPS) is 25.9. The molecule has 1 unspecified atom stereocenters. The molecular formula is C42H46N2O12. The molecule has 296 valence electrons. The number of ether oxygens (including phenoxy) is 4. The predicted molar refractivity (Wildman–Crippen MR) is 201 cm³/mol. The SMILES string of the molecule is C[C@H](/C=C\C(=O)OCc1ccccc1)OC(=O)/C=C/C1=CCCC([N+](=O)[O-])C1.C[C@H]1OC(=O)[C@@H]2C=C3C[C@H]([N+](=O)[O-])CC[C@H]3[C@H](C(=O)OCc3ccccc3)[C@H]12. The van der Waals surface area contributed by atoms with Gasteiger partial charge >= 0.3 is 23.9 Å². The van der Waals surface area contributed by atoms with E-state index in [1.165, 1.54) is 18.2 Å². The summed E-state index contributed by atoms with van der Waals surface area (Å²) in [5.41, 5.74) is 3.35. The van der Waals surface area contributed by atoms with E-state index in [2.05, 4.69) is 0 Å². The zero-order valence-corrected chi connectivity index (χ0v) is 31.3. The third kappa shape index (κ3) is 11.3. The van der Waals surface area contributed by atoms with Crippen LogP contribution in [0, 0.1) is 43.9 Å². The zero-order chi connectivity index (χ0) is 40.2. The molecule has 1 heterocycles. The second-order valence-corrected chi connectivity index (χ2v) is 14.4. The van der Waals surface area contributed by atoms with E-state index < -0.39 is 42.0 Å². The molecule has 6 rings (SSSR count). The largest absolute Gasteiger partial charge is 0.462 e. The summed E-state index contributed by atoms with van der Waals surface area (Å²) in [7, 11) is 0. The second-order valence-electron chi connectivity index (χ2n) is 14.4. The minimum absolute atomic E-state index is 0.127. The predicted octanol–water partition coefficient (Wildman–Crippen LogP) is 6.44. The Bertz CT molecular complexity index is 1870. The number of rotatable bonds is 12. The molecule has 56 heavy (non-hydrogen) atoms. The van der Waals surface area contributed by atoms with Crippen molar-refractivity contribution in [3.05, 3.63) is 140 Å². The molecular weight excluding hydrogens is 724 g/mol. The molecule has 0 N–H and O–H groups in total. The summed E-state index contributed by atoms with van der Waals surface area (Å²) in [5.74, 6) is -3.26. The van der Waals surface area contributed by atoms with Crippen LogP contribution in [0.25, 0.3) is 0 Å². The lowest BCUT2D eigenvalue weighted by Gasteiger charge is -2.40. The first-order valence-electron chi connectivity index (χ1n) is 18.7. The van der Waals surface area contributed by atoms with Gasteiger partial charge in [-0.1, -0.05) is 84.5 Å². The highest BCUT2D eigenvalue weighted by molar-refractivity contribution is 5.84. The first-order chi connectivity index (χ1) is 26.9. The molecule has 0 aromatic heterocycles. The average Bonchev–Trinajstić information content (AvgIpc) is 3.48. The van der Waals surface area contributed by atoms with E-state index in [9.17, 15) is 39.4 Å². The molecule has 2 aromatic rings. The third-order valence-electron chi connectivity index (χ3n) is 10.5. The lowest BCUT2D eigenvalue weighted by Crippen LogP contribution is -2.45. The Hall–Kier alpha value is -5.92. The standard InChI is InChI=1S/2C21H23NO6/c1-12-18-17(20(23)28-12)10-14-9-15(22(25)26)7-8-16(14)19(18)21(24)27-11-13-5-3-2-4-6-13;1-16(10-12-20(23)27-15-18-6-3-2-4-7-18)28-21(24)13-11-17-8-5-9-19(14-17)22(25)26/h2-6,10,12,15-19H,7-9,11H2,1H3;2-4,6-8,10-13,16,19H,5,9,14-15H2,1H3/b;12-10-,13-11+/t12-,15-,16-,17-,18-,19+;16-,19?/m11/s1. The lowest BCUT2D eigenvalue weighted by atomic mass is 9.62. The van der Waals surface area contributed by atoms with Gasteiger partial charge in [0.05, 0.1) is 11.8 Å². The van der Waals surface area contributed by atoms with Crippen LogP contribution in [0.5, 0.6) is 0 Å². The van der Waals surface area contributed by atoms with Gasteiger partial charge < -0.3 is 18.9 Å². The molecule has 0 amide bonds. The number of benzene rings is 2. The van der Waals surface area contributed by atoms with Gasteiger partial charge in [-0.3, -0.25) is 29.8 Å². The quantitative estimate of drug-likeness (QED) is 0.0574. The topological polar surface area (TPSA) is 191 Å². The van der Waals surface area contributed by atoms with Crippen molar-refractivity contribution in [3.8, 4) is 0 Å². The molecule has 2 aromatic carbocycles. The van der Waals surface area contributed by atoms with Crippen LogP contribution < -0.4 is 0 Å². The van der Waals surface area contributed by atoms with E-state index in [-0.39, 0.29) is 59.4 Å². The molecule has 14 nitrogen and oxygen atoms in total. The number of esters is 4. The van der Waals surface area contributed by atoms with Crippen LogP contribution >= 0.6 is 0 Å². The van der Waals surface area contributed by atoms with E-state index in [0.29, 0.717) is 32.1 Å². The Balaban J connectivity index is 0.000000214. The van der Waals surface area contributed by atoms with Crippen LogP contribution in [0.4, 0.5) is 0 Å². The summed E-state index contributed by atoms with van der Waals surface area (Å²) in [4.78, 5) is 70.5. The van der Waals surface area contributed by atoms with Crippen LogP contribution in [0.1, 0.15) is 63.5 Å². The Morgan fingerprint density at radius 1 is 0.857 bits per heavy atom. The van der Waals surface area contributed by atoms with Gasteiger partial charge in [-0.2, -0.15) is 0 Å². The molecule has 1 saturated carbocycles. The van der Waals surface area contributed by atoms with E-state index in [1.54, 1.807) is 13.0 Å². The fraction of sp³-hybridized carbons (Fsp3) is 0.429. The van der Waals surface area contributed by atoms with Crippen LogP contribution in [0.3, 0.4) is 0 Å². The third-order valence-corrected chi connectivity index (χ3v) is 10.5. The van der Waals surface area contributed by atoms with Crippen molar-refractivity contribution >= 4 is 23.9 Å². The number of cyclic esters (lactones) is 1. The van der Waals surface area contributed by atoms with Crippen LogP contribution in [-0.4, -0.2) is 58.0 Å². The Labute approximate surface area is 324 Å². The van der Waals surface area contributed by atoms with E-state index >= 15 is 0 Å². The smallest absolute Gasteiger partial charge is 0.331 e. The van der Waals surface area contributed by atoms with Crippen molar-refractivity contribution < 1.29 is 48.0 Å². The number of fused-ring (bicyclic) bond motifs is 2. The van der Waals surface area contributed by atoms with Crippen molar-refractivity contribution in [3.63, 3.8) is 0 Å². The molecule has 1 aliphatic heterocycles. The number of carbonyl (C=O) groups excluding carboxylic acids is 4. The van der Waals surface area contributed by atoms with Gasteiger partial charge in [0.1, 0.15) is 25.4 Å². The molecule has 2 fully saturated rings. The first kappa shape index (κ1) is 41.2. The fourth-order valence-corrected chi connectivity index (χ4v) is 7.66. The maximum absolute atomic E-state index is 13.1. The maximum atomic E-state index is 13.1.